The van der Waals surface area contributed by atoms with Crippen molar-refractivity contribution in [2.45, 2.75) is 65.2 Å². The molecule has 1 aromatic rings. The van der Waals surface area contributed by atoms with E-state index < -0.39 is 0 Å². The largest absolute Gasteiger partial charge is 0.457 e. The lowest BCUT2D eigenvalue weighted by molar-refractivity contribution is -0.0268. The number of aromatic nitrogens is 2. The molecule has 1 unspecified atom stereocenters. The van der Waals surface area contributed by atoms with Crippen molar-refractivity contribution in [2.24, 2.45) is 11.3 Å². The molecule has 1 fully saturated rings. The van der Waals surface area contributed by atoms with Crippen LogP contribution < -0.4 is 10.3 Å². The first-order valence-corrected chi connectivity index (χ1v) is 8.27. The van der Waals surface area contributed by atoms with Crippen LogP contribution in [0, 0.1) is 11.3 Å². The summed E-state index contributed by atoms with van der Waals surface area (Å²) in [5.41, 5.74) is 0.146. The summed E-state index contributed by atoms with van der Waals surface area (Å²) in [5.74, 6) is 0.801. The van der Waals surface area contributed by atoms with Crippen LogP contribution in [-0.2, 0) is 11.3 Å². The minimum atomic E-state index is -0.256. The maximum atomic E-state index is 11.2. The molecule has 1 aliphatic carbocycles. The van der Waals surface area contributed by atoms with E-state index in [0.29, 0.717) is 30.7 Å². The topological polar surface area (TPSA) is 53.4 Å². The molecule has 5 nitrogen and oxygen atoms in total. The zero-order valence-electron chi connectivity index (χ0n) is 13.7. The Hall–Kier alpha value is -1.36. The van der Waals surface area contributed by atoms with Crippen molar-refractivity contribution in [2.75, 3.05) is 6.61 Å². The third kappa shape index (κ3) is 3.51. The van der Waals surface area contributed by atoms with Crippen LogP contribution in [0.3, 0.4) is 0 Å². The highest BCUT2D eigenvalue weighted by molar-refractivity contribution is 5.04. The van der Waals surface area contributed by atoms with Crippen LogP contribution in [-0.4, -0.2) is 28.4 Å². The fourth-order valence-electron chi connectivity index (χ4n) is 3.48. The Bertz CT molecular complexity index is 568. The van der Waals surface area contributed by atoms with Crippen molar-refractivity contribution < 1.29 is 9.47 Å². The minimum Gasteiger partial charge on any atom is -0.457 e. The predicted molar refractivity (Wildman–Crippen MR) is 84.1 cm³/mol. The van der Waals surface area contributed by atoms with Gasteiger partial charge in [0.25, 0.3) is 11.6 Å². The monoisotopic (exact) mass is 306 g/mol. The van der Waals surface area contributed by atoms with Crippen LogP contribution >= 0.6 is 0 Å². The third-order valence-corrected chi connectivity index (χ3v) is 4.94. The van der Waals surface area contributed by atoms with Crippen LogP contribution in [0.4, 0.5) is 0 Å². The van der Waals surface area contributed by atoms with E-state index in [2.05, 4.69) is 25.8 Å². The third-order valence-electron chi connectivity index (χ3n) is 4.94. The molecule has 1 atom stereocenters. The molecule has 0 bridgehead atoms. The van der Waals surface area contributed by atoms with Gasteiger partial charge in [0.2, 0.25) is 0 Å². The molecule has 5 heteroatoms. The summed E-state index contributed by atoms with van der Waals surface area (Å²) in [4.78, 5) is 15.1. The average Bonchev–Trinajstić information content (AvgIpc) is 2.86. The predicted octanol–water partition coefficient (Wildman–Crippen LogP) is 2.63. The van der Waals surface area contributed by atoms with Crippen LogP contribution in [0.25, 0.3) is 0 Å². The van der Waals surface area contributed by atoms with Gasteiger partial charge in [-0.3, -0.25) is 9.36 Å². The number of hydrogen-bond donors (Lipinski definition) is 0. The first-order chi connectivity index (χ1) is 10.4. The molecule has 122 valence electrons. The van der Waals surface area contributed by atoms with Gasteiger partial charge in [0.05, 0.1) is 19.3 Å². The minimum absolute atomic E-state index is 0.0327. The van der Waals surface area contributed by atoms with E-state index in [1.165, 1.54) is 18.9 Å². The van der Waals surface area contributed by atoms with Gasteiger partial charge in [-0.15, -0.1) is 0 Å². The Morgan fingerprint density at radius 1 is 1.32 bits per heavy atom. The molecule has 0 amide bonds. The fraction of sp³-hybridized carbons (Fsp3) is 0.765. The molecule has 2 heterocycles. The molecular formula is C17H26N2O3. The van der Waals surface area contributed by atoms with E-state index in [4.69, 9.17) is 9.47 Å². The number of nitrogens with zero attached hydrogens (tertiary/aromatic N) is 2. The van der Waals surface area contributed by atoms with E-state index >= 15 is 0 Å². The SMILES string of the molecule is CC(C)(C)C1CCC(OCC2Cn3ccc(=O)nc3O2)CC1. The summed E-state index contributed by atoms with van der Waals surface area (Å²) in [6.07, 6.45) is 6.81. The lowest BCUT2D eigenvalue weighted by Gasteiger charge is -2.37. The molecule has 1 aliphatic heterocycles. The number of fused-ring (bicyclic) bond motifs is 1. The van der Waals surface area contributed by atoms with Crippen molar-refractivity contribution in [1.82, 2.24) is 9.55 Å². The van der Waals surface area contributed by atoms with Crippen molar-refractivity contribution in [1.29, 1.82) is 0 Å². The summed E-state index contributed by atoms with van der Waals surface area (Å²) in [6.45, 7) is 8.27. The summed E-state index contributed by atoms with van der Waals surface area (Å²) < 4.78 is 13.6. The molecule has 0 aromatic carbocycles. The molecule has 1 saturated carbocycles. The van der Waals surface area contributed by atoms with Gasteiger partial charge in [0.1, 0.15) is 6.10 Å². The van der Waals surface area contributed by atoms with Crippen LogP contribution in [0.15, 0.2) is 17.1 Å². The molecule has 0 saturated heterocycles. The van der Waals surface area contributed by atoms with E-state index in [9.17, 15) is 4.79 Å². The summed E-state index contributed by atoms with van der Waals surface area (Å²) in [5, 5.41) is 0. The molecule has 22 heavy (non-hydrogen) atoms. The van der Waals surface area contributed by atoms with Crippen molar-refractivity contribution in [3.8, 4) is 6.01 Å². The summed E-state index contributed by atoms with van der Waals surface area (Å²) in [7, 11) is 0. The second-order valence-corrected chi connectivity index (χ2v) is 7.61. The average molecular weight is 306 g/mol. The summed E-state index contributed by atoms with van der Waals surface area (Å²) in [6, 6.07) is 1.88. The molecule has 2 aliphatic rings. The normalized spacial score (nSPS) is 28.2. The van der Waals surface area contributed by atoms with E-state index in [-0.39, 0.29) is 11.7 Å². The maximum Gasteiger partial charge on any atom is 0.300 e. The lowest BCUT2D eigenvalue weighted by atomic mass is 9.72. The van der Waals surface area contributed by atoms with Crippen molar-refractivity contribution in [3.63, 3.8) is 0 Å². The standard InChI is InChI=1S/C17H26N2O3/c1-17(2,3)12-4-6-13(7-5-12)21-11-14-10-19-9-8-15(20)18-16(19)22-14/h8-9,12-14H,4-7,10-11H2,1-3H3. The highest BCUT2D eigenvalue weighted by Crippen LogP contribution is 2.38. The zero-order chi connectivity index (χ0) is 15.7. The number of rotatable bonds is 3. The highest BCUT2D eigenvalue weighted by atomic mass is 16.6. The first-order valence-electron chi connectivity index (χ1n) is 8.27. The molecule has 0 radical (unpaired) electrons. The van der Waals surface area contributed by atoms with Crippen LogP contribution in [0.2, 0.25) is 0 Å². The molecule has 1 aromatic heterocycles. The second-order valence-electron chi connectivity index (χ2n) is 7.61. The number of ether oxygens (including phenoxy) is 2. The van der Waals surface area contributed by atoms with E-state index in [0.717, 1.165) is 18.8 Å². The maximum absolute atomic E-state index is 11.2. The van der Waals surface area contributed by atoms with Gasteiger partial charge in [-0.1, -0.05) is 20.8 Å². The second kappa shape index (κ2) is 6.03. The van der Waals surface area contributed by atoms with Gasteiger partial charge in [0, 0.05) is 12.3 Å². The molecule has 3 rings (SSSR count). The number of hydrogen-bond acceptors (Lipinski definition) is 4. The van der Waals surface area contributed by atoms with E-state index in [1.807, 2.05) is 4.57 Å². The van der Waals surface area contributed by atoms with Gasteiger partial charge < -0.3 is 9.47 Å². The Kier molecular flexibility index (Phi) is 4.26. The molecule has 0 spiro atoms. The first kappa shape index (κ1) is 15.5. The van der Waals surface area contributed by atoms with Gasteiger partial charge in [-0.25, -0.2) is 0 Å². The zero-order valence-corrected chi connectivity index (χ0v) is 13.7. The Morgan fingerprint density at radius 2 is 2.05 bits per heavy atom. The van der Waals surface area contributed by atoms with Gasteiger partial charge in [-0.05, 0) is 37.0 Å². The van der Waals surface area contributed by atoms with Gasteiger partial charge >= 0.3 is 0 Å². The smallest absolute Gasteiger partial charge is 0.300 e. The Labute approximate surface area is 131 Å². The lowest BCUT2D eigenvalue weighted by Crippen LogP contribution is -2.31. The quantitative estimate of drug-likeness (QED) is 0.861. The Morgan fingerprint density at radius 3 is 2.73 bits per heavy atom. The fourth-order valence-corrected chi connectivity index (χ4v) is 3.48. The van der Waals surface area contributed by atoms with E-state index in [1.54, 1.807) is 6.20 Å². The molecule has 0 N–H and O–H groups in total. The summed E-state index contributed by atoms with van der Waals surface area (Å²) >= 11 is 0. The van der Waals surface area contributed by atoms with Gasteiger partial charge in [0.15, 0.2) is 0 Å². The van der Waals surface area contributed by atoms with Crippen molar-refractivity contribution in [3.05, 3.63) is 22.6 Å². The van der Waals surface area contributed by atoms with Crippen LogP contribution in [0.1, 0.15) is 46.5 Å². The van der Waals surface area contributed by atoms with Crippen molar-refractivity contribution >= 4 is 0 Å². The Balaban J connectivity index is 1.45. The van der Waals surface area contributed by atoms with Gasteiger partial charge in [-0.2, -0.15) is 4.98 Å². The highest BCUT2D eigenvalue weighted by Gasteiger charge is 2.31. The molecular weight excluding hydrogens is 280 g/mol. The van der Waals surface area contributed by atoms with Crippen LogP contribution in [0.5, 0.6) is 6.01 Å².